The van der Waals surface area contributed by atoms with E-state index >= 15 is 0 Å². The highest BCUT2D eigenvalue weighted by Crippen LogP contribution is 2.20. The van der Waals surface area contributed by atoms with Crippen LogP contribution in [0.15, 0.2) is 41.3 Å². The van der Waals surface area contributed by atoms with Crippen LogP contribution in [0.3, 0.4) is 0 Å². The number of pyridine rings is 1. The molecule has 1 heterocycles. The van der Waals surface area contributed by atoms with Crippen LogP contribution in [0.5, 0.6) is 0 Å². The normalized spacial score (nSPS) is 10.3. The van der Waals surface area contributed by atoms with Crippen molar-refractivity contribution in [3.63, 3.8) is 0 Å². The highest BCUT2D eigenvalue weighted by Gasteiger charge is 2.05. The zero-order valence-electron chi connectivity index (χ0n) is 8.87. The molecule has 0 bridgehead atoms. The van der Waals surface area contributed by atoms with Gasteiger partial charge in [-0.3, -0.25) is 4.79 Å². The van der Waals surface area contributed by atoms with Crippen molar-refractivity contribution < 1.29 is 0 Å². The lowest BCUT2D eigenvalue weighted by Gasteiger charge is -2.05. The fourth-order valence-electron chi connectivity index (χ4n) is 1.66. The molecule has 0 spiro atoms. The minimum Gasteiger partial charge on any atom is -0.329 e. The molecule has 0 aliphatic rings. The van der Waals surface area contributed by atoms with Crippen LogP contribution < -0.4 is 5.56 Å². The molecule has 0 fully saturated rings. The first-order valence-electron chi connectivity index (χ1n) is 4.94. The summed E-state index contributed by atoms with van der Waals surface area (Å²) in [5.41, 5.74) is 4.00. The zero-order valence-corrected chi connectivity index (χ0v) is 8.87. The smallest absolute Gasteiger partial charge is 0.255 e. The van der Waals surface area contributed by atoms with E-state index < -0.39 is 0 Å². The van der Waals surface area contributed by atoms with Crippen molar-refractivity contribution in [3.8, 4) is 11.1 Å². The van der Waals surface area contributed by atoms with Crippen molar-refractivity contribution in [3.05, 3.63) is 58.0 Å². The third-order valence-corrected chi connectivity index (χ3v) is 2.50. The summed E-state index contributed by atoms with van der Waals surface area (Å²) in [6, 6.07) is 9.83. The van der Waals surface area contributed by atoms with Gasteiger partial charge in [0.15, 0.2) is 0 Å². The van der Waals surface area contributed by atoms with Gasteiger partial charge in [0.1, 0.15) is 0 Å². The Bertz CT molecular complexity index is 540. The quantitative estimate of drug-likeness (QED) is 0.752. The molecule has 0 radical (unpaired) electrons. The number of rotatable bonds is 1. The van der Waals surface area contributed by atoms with Crippen molar-refractivity contribution in [1.82, 2.24) is 4.98 Å². The first kappa shape index (κ1) is 9.71. The Balaban J connectivity index is 2.69. The van der Waals surface area contributed by atoms with Crippen LogP contribution in [0, 0.1) is 13.8 Å². The van der Waals surface area contributed by atoms with Crippen LogP contribution in [0.25, 0.3) is 11.1 Å². The lowest BCUT2D eigenvalue weighted by atomic mass is 10.00. The first-order chi connectivity index (χ1) is 7.18. The van der Waals surface area contributed by atoms with E-state index in [4.69, 9.17) is 0 Å². The molecule has 0 amide bonds. The molecule has 0 aliphatic carbocycles. The number of nitrogens with one attached hydrogen (secondary N) is 1. The molecular weight excluding hydrogens is 186 g/mol. The maximum absolute atomic E-state index is 11.6. The average Bonchev–Trinajstić information content (AvgIpc) is 2.23. The second-order valence-corrected chi connectivity index (χ2v) is 3.73. The Hall–Kier alpha value is -1.83. The number of aromatic amines is 1. The van der Waals surface area contributed by atoms with Crippen molar-refractivity contribution in [2.75, 3.05) is 0 Å². The molecule has 0 saturated carbocycles. The molecule has 1 aromatic heterocycles. The van der Waals surface area contributed by atoms with Gasteiger partial charge >= 0.3 is 0 Å². The van der Waals surface area contributed by atoms with Gasteiger partial charge in [-0.1, -0.05) is 23.8 Å². The largest absolute Gasteiger partial charge is 0.329 e. The maximum atomic E-state index is 11.6. The molecule has 1 aromatic carbocycles. The number of H-pyrrole nitrogens is 1. The van der Waals surface area contributed by atoms with Gasteiger partial charge in [0.2, 0.25) is 0 Å². The predicted molar refractivity (Wildman–Crippen MR) is 62.0 cm³/mol. The average molecular weight is 199 g/mol. The molecule has 2 heteroatoms. The molecule has 0 atom stereocenters. The summed E-state index contributed by atoms with van der Waals surface area (Å²) in [5.74, 6) is 0. The van der Waals surface area contributed by atoms with Gasteiger partial charge in [0, 0.05) is 11.8 Å². The molecule has 76 valence electrons. The second kappa shape index (κ2) is 3.73. The van der Waals surface area contributed by atoms with E-state index in [2.05, 4.69) is 11.1 Å². The number of hydrogen-bond donors (Lipinski definition) is 1. The van der Waals surface area contributed by atoms with E-state index in [0.717, 1.165) is 16.7 Å². The monoisotopic (exact) mass is 199 g/mol. The highest BCUT2D eigenvalue weighted by atomic mass is 16.1. The van der Waals surface area contributed by atoms with Gasteiger partial charge in [0.05, 0.1) is 0 Å². The van der Waals surface area contributed by atoms with Crippen LogP contribution in [-0.4, -0.2) is 4.98 Å². The van der Waals surface area contributed by atoms with E-state index in [1.807, 2.05) is 38.1 Å². The van der Waals surface area contributed by atoms with Crippen molar-refractivity contribution >= 4 is 0 Å². The fourth-order valence-corrected chi connectivity index (χ4v) is 1.66. The summed E-state index contributed by atoms with van der Waals surface area (Å²) in [6.07, 6.45) is 1.65. The second-order valence-electron chi connectivity index (χ2n) is 3.73. The van der Waals surface area contributed by atoms with Crippen LogP contribution in [0.1, 0.15) is 11.1 Å². The third kappa shape index (κ3) is 1.84. The Kier molecular flexibility index (Phi) is 2.42. The molecule has 15 heavy (non-hydrogen) atoms. The summed E-state index contributed by atoms with van der Waals surface area (Å²) < 4.78 is 0. The van der Waals surface area contributed by atoms with E-state index in [0.29, 0.717) is 0 Å². The summed E-state index contributed by atoms with van der Waals surface area (Å²) in [7, 11) is 0. The van der Waals surface area contributed by atoms with Gasteiger partial charge in [-0.15, -0.1) is 0 Å². The Morgan fingerprint density at radius 2 is 1.87 bits per heavy atom. The predicted octanol–water partition coefficient (Wildman–Crippen LogP) is 2.66. The summed E-state index contributed by atoms with van der Waals surface area (Å²) in [6.45, 7) is 4.04. The summed E-state index contributed by atoms with van der Waals surface area (Å²) >= 11 is 0. The first-order valence-corrected chi connectivity index (χ1v) is 4.94. The molecule has 2 rings (SSSR count). The van der Waals surface area contributed by atoms with Gasteiger partial charge in [0.25, 0.3) is 5.56 Å². The lowest BCUT2D eigenvalue weighted by Crippen LogP contribution is -2.07. The fraction of sp³-hybridized carbons (Fsp3) is 0.154. The Morgan fingerprint density at radius 3 is 2.60 bits per heavy atom. The SMILES string of the molecule is Cc1ccc(C)c(-c2ccc[nH]c2=O)c1. The lowest BCUT2D eigenvalue weighted by molar-refractivity contribution is 1.23. The Labute approximate surface area is 88.6 Å². The number of aromatic nitrogens is 1. The van der Waals surface area contributed by atoms with E-state index in [-0.39, 0.29) is 5.56 Å². The molecule has 0 saturated heterocycles. The molecular formula is C13H13NO. The highest BCUT2D eigenvalue weighted by molar-refractivity contribution is 5.66. The van der Waals surface area contributed by atoms with Gasteiger partial charge < -0.3 is 4.98 Å². The van der Waals surface area contributed by atoms with Gasteiger partial charge in [-0.2, -0.15) is 0 Å². The van der Waals surface area contributed by atoms with Crippen molar-refractivity contribution in [2.45, 2.75) is 13.8 Å². The van der Waals surface area contributed by atoms with E-state index in [9.17, 15) is 4.79 Å². The number of aryl methyl sites for hydroxylation is 2. The standard InChI is InChI=1S/C13H13NO/c1-9-5-6-10(2)12(8-9)11-4-3-7-14-13(11)15/h3-8H,1-2H3,(H,14,15). The molecule has 2 nitrogen and oxygen atoms in total. The Morgan fingerprint density at radius 1 is 1.07 bits per heavy atom. The molecule has 0 aliphatic heterocycles. The maximum Gasteiger partial charge on any atom is 0.255 e. The molecule has 2 aromatic rings. The van der Waals surface area contributed by atoms with E-state index in [1.165, 1.54) is 5.56 Å². The van der Waals surface area contributed by atoms with Crippen LogP contribution in [-0.2, 0) is 0 Å². The minimum atomic E-state index is -0.0359. The zero-order chi connectivity index (χ0) is 10.8. The van der Waals surface area contributed by atoms with Crippen molar-refractivity contribution in [2.24, 2.45) is 0 Å². The van der Waals surface area contributed by atoms with Gasteiger partial charge in [-0.05, 0) is 37.1 Å². The number of benzene rings is 1. The molecule has 1 N–H and O–H groups in total. The van der Waals surface area contributed by atoms with E-state index in [1.54, 1.807) is 6.20 Å². The third-order valence-electron chi connectivity index (χ3n) is 2.50. The van der Waals surface area contributed by atoms with Gasteiger partial charge in [-0.25, -0.2) is 0 Å². The minimum absolute atomic E-state index is 0.0359. The van der Waals surface area contributed by atoms with Crippen LogP contribution in [0.2, 0.25) is 0 Å². The summed E-state index contributed by atoms with van der Waals surface area (Å²) in [5, 5.41) is 0. The number of hydrogen-bond acceptors (Lipinski definition) is 1. The van der Waals surface area contributed by atoms with Crippen LogP contribution in [0.4, 0.5) is 0 Å². The molecule has 0 unspecified atom stereocenters. The van der Waals surface area contributed by atoms with Crippen molar-refractivity contribution in [1.29, 1.82) is 0 Å². The summed E-state index contributed by atoms with van der Waals surface area (Å²) in [4.78, 5) is 14.3. The van der Waals surface area contributed by atoms with Crippen LogP contribution >= 0.6 is 0 Å². The topological polar surface area (TPSA) is 32.9 Å².